The van der Waals surface area contributed by atoms with Crippen LogP contribution in [0.3, 0.4) is 0 Å². The second-order valence-electron chi connectivity index (χ2n) is 3.82. The van der Waals surface area contributed by atoms with Crippen molar-refractivity contribution in [2.45, 2.75) is 18.6 Å². The monoisotopic (exact) mass is 308 g/mol. The zero-order valence-electron chi connectivity index (χ0n) is 8.63. The Labute approximate surface area is 93.9 Å². The molecule has 0 nitrogen and oxygen atoms in total. The molecule has 0 saturated carbocycles. The molecule has 0 amide bonds. The number of benzene rings is 1. The van der Waals surface area contributed by atoms with E-state index in [0.29, 0.717) is 0 Å². The Morgan fingerprint density at radius 1 is 1.08 bits per heavy atom. The maximum absolute atomic E-state index is 4.54. The van der Waals surface area contributed by atoms with E-state index in [1.54, 1.807) is 3.57 Å². The summed E-state index contributed by atoms with van der Waals surface area (Å²) in [6, 6.07) is 8.94. The zero-order valence-corrected chi connectivity index (χ0v) is 11.7. The molecule has 1 rings (SSSR count). The van der Waals surface area contributed by atoms with Crippen LogP contribution in [0.2, 0.25) is 0 Å². The van der Waals surface area contributed by atoms with Crippen molar-refractivity contribution in [1.29, 1.82) is 0 Å². The molecule has 0 unspecified atom stereocenters. The van der Waals surface area contributed by atoms with Crippen molar-refractivity contribution in [2.24, 2.45) is 0 Å². The van der Waals surface area contributed by atoms with Gasteiger partial charge < -0.3 is 0 Å². The van der Waals surface area contributed by atoms with E-state index in [9.17, 15) is 0 Å². The molecule has 74 valence electrons. The van der Waals surface area contributed by atoms with Crippen molar-refractivity contribution in [3.63, 3.8) is 0 Å². The third-order valence-corrected chi connectivity index (χ3v) is 5.46. The van der Waals surface area contributed by atoms with E-state index in [0.717, 1.165) is 0 Å². The summed E-state index contributed by atoms with van der Waals surface area (Å²) in [6.07, 6.45) is 0. The van der Waals surface area contributed by atoms with E-state index < -0.39 is 19.8 Å². The number of thiol groups is 1. The normalized spacial score (nSPS) is 12.8. The predicted molar refractivity (Wildman–Crippen MR) is 73.0 cm³/mol. The van der Waals surface area contributed by atoms with Crippen molar-refractivity contribution in [3.05, 3.63) is 33.4 Å². The first-order valence-electron chi connectivity index (χ1n) is 4.24. The molecule has 0 bridgehead atoms. The molecule has 0 saturated heterocycles. The van der Waals surface area contributed by atoms with Gasteiger partial charge in [-0.05, 0) is 0 Å². The molecule has 1 aromatic rings. The van der Waals surface area contributed by atoms with Crippen LogP contribution in [-0.2, 0) is 4.75 Å². The molecule has 0 aliphatic carbocycles. The molecule has 0 aliphatic heterocycles. The molecule has 13 heavy (non-hydrogen) atoms. The molecule has 0 spiro atoms. The molecule has 2 heteroatoms. The van der Waals surface area contributed by atoms with Gasteiger partial charge in [0, 0.05) is 0 Å². The average Bonchev–Trinajstić information content (AvgIpc) is 2.03. The second-order valence-corrected chi connectivity index (χ2v) is 10.5. The van der Waals surface area contributed by atoms with Crippen LogP contribution in [0.1, 0.15) is 19.4 Å². The van der Waals surface area contributed by atoms with Gasteiger partial charge in [0.25, 0.3) is 0 Å². The van der Waals surface area contributed by atoms with Gasteiger partial charge in [-0.2, -0.15) is 0 Å². The van der Waals surface area contributed by atoms with Gasteiger partial charge in [-0.1, -0.05) is 0 Å². The van der Waals surface area contributed by atoms with Gasteiger partial charge in [-0.15, -0.1) is 0 Å². The van der Waals surface area contributed by atoms with Crippen molar-refractivity contribution in [1.82, 2.24) is 0 Å². The topological polar surface area (TPSA) is 0 Å². The van der Waals surface area contributed by atoms with Gasteiger partial charge in [0.2, 0.25) is 0 Å². The van der Waals surface area contributed by atoms with E-state index in [4.69, 9.17) is 0 Å². The molecule has 0 aromatic heterocycles. The van der Waals surface area contributed by atoms with Crippen LogP contribution >= 0.6 is 32.4 Å². The first-order chi connectivity index (χ1) is 5.91. The molecule has 0 heterocycles. The summed E-state index contributed by atoms with van der Waals surface area (Å²) in [7, 11) is 0. The summed E-state index contributed by atoms with van der Waals surface area (Å²) in [4.78, 5) is 4.73. The third-order valence-electron chi connectivity index (χ3n) is 1.99. The number of halogens is 1. The fourth-order valence-corrected chi connectivity index (χ4v) is 3.06. The first-order valence-corrected chi connectivity index (χ1v) is 10.1. The average molecular weight is 308 g/mol. The SMILES string of the molecule is CI(C)c1ccc(C(C)(C)S)cc1. The quantitative estimate of drug-likeness (QED) is 0.480. The standard InChI is InChI=1S/C11H17IS/c1-11(2,13)9-5-7-10(8-6-9)12(3)4/h5-8,13H,1-4H3. The van der Waals surface area contributed by atoms with E-state index >= 15 is 0 Å². The summed E-state index contributed by atoms with van der Waals surface area (Å²) in [5.74, 6) is 0. The fourth-order valence-electron chi connectivity index (χ4n) is 1.11. The Balaban J connectivity index is 2.94. The Kier molecular flexibility index (Phi) is 3.69. The van der Waals surface area contributed by atoms with Gasteiger partial charge in [0.05, 0.1) is 0 Å². The van der Waals surface area contributed by atoms with Crippen LogP contribution < -0.4 is 0 Å². The molecule has 1 aromatic carbocycles. The summed E-state index contributed by atoms with van der Waals surface area (Å²) in [5.41, 5.74) is 1.30. The van der Waals surface area contributed by atoms with Gasteiger partial charge in [0.1, 0.15) is 0 Å². The van der Waals surface area contributed by atoms with E-state index in [-0.39, 0.29) is 4.75 Å². The van der Waals surface area contributed by atoms with Crippen LogP contribution in [-0.4, -0.2) is 9.86 Å². The third kappa shape index (κ3) is 3.17. The van der Waals surface area contributed by atoms with Crippen molar-refractivity contribution >= 4 is 32.4 Å². The molecule has 0 atom stereocenters. The first kappa shape index (κ1) is 11.4. The van der Waals surface area contributed by atoms with Crippen LogP contribution in [0.15, 0.2) is 24.3 Å². The van der Waals surface area contributed by atoms with Crippen molar-refractivity contribution in [3.8, 4) is 0 Å². The van der Waals surface area contributed by atoms with Gasteiger partial charge in [0.15, 0.2) is 0 Å². The van der Waals surface area contributed by atoms with E-state index in [1.165, 1.54) is 5.56 Å². The Hall–Kier alpha value is 0.300. The fraction of sp³-hybridized carbons (Fsp3) is 0.455. The molecule has 0 fully saturated rings. The van der Waals surface area contributed by atoms with E-state index in [2.05, 4.69) is 60.6 Å². The number of hydrogen-bond acceptors (Lipinski definition) is 1. The number of rotatable bonds is 2. The second kappa shape index (κ2) is 4.22. The summed E-state index contributed by atoms with van der Waals surface area (Å²) in [5, 5.41) is 0. The van der Waals surface area contributed by atoms with E-state index in [1.807, 2.05) is 0 Å². The predicted octanol–water partition coefficient (Wildman–Crippen LogP) is 3.79. The number of hydrogen-bond donors (Lipinski definition) is 1. The molecular weight excluding hydrogens is 291 g/mol. The Bertz CT molecular complexity index is 269. The minimum absolute atomic E-state index is 0.0148. The Morgan fingerprint density at radius 2 is 1.54 bits per heavy atom. The Morgan fingerprint density at radius 3 is 1.85 bits per heavy atom. The van der Waals surface area contributed by atoms with Crippen LogP contribution in [0.4, 0.5) is 0 Å². The summed E-state index contributed by atoms with van der Waals surface area (Å²) in [6.45, 7) is 4.25. The molecular formula is C11H17IS. The van der Waals surface area contributed by atoms with Crippen molar-refractivity contribution < 1.29 is 0 Å². The van der Waals surface area contributed by atoms with Crippen LogP contribution in [0.25, 0.3) is 0 Å². The maximum atomic E-state index is 4.54. The van der Waals surface area contributed by atoms with Crippen LogP contribution in [0.5, 0.6) is 0 Å². The van der Waals surface area contributed by atoms with Crippen LogP contribution in [0, 0.1) is 3.57 Å². The van der Waals surface area contributed by atoms with Crippen molar-refractivity contribution in [2.75, 3.05) is 9.86 Å². The molecule has 0 aliphatic rings. The van der Waals surface area contributed by atoms with Gasteiger partial charge in [-0.3, -0.25) is 0 Å². The van der Waals surface area contributed by atoms with Gasteiger partial charge >= 0.3 is 94.3 Å². The molecule has 0 N–H and O–H groups in total. The molecule has 0 radical (unpaired) electrons. The minimum atomic E-state index is -0.787. The van der Waals surface area contributed by atoms with Gasteiger partial charge in [-0.25, -0.2) is 0 Å². The summed E-state index contributed by atoms with van der Waals surface area (Å²) < 4.78 is 1.53. The summed E-state index contributed by atoms with van der Waals surface area (Å²) >= 11 is 3.76. The zero-order chi connectivity index (χ0) is 10.1. The number of alkyl halides is 2.